The molecule has 3 heteroatoms. The Kier molecular flexibility index (Phi) is 3.69. The van der Waals surface area contributed by atoms with Crippen LogP contribution in [0.5, 0.6) is 0 Å². The molecule has 0 radical (unpaired) electrons. The molecular formula is C11H20N2O. The van der Waals surface area contributed by atoms with E-state index in [4.69, 9.17) is 0 Å². The molecule has 14 heavy (non-hydrogen) atoms. The van der Waals surface area contributed by atoms with Gasteiger partial charge in [-0.15, -0.1) is 0 Å². The van der Waals surface area contributed by atoms with Crippen LogP contribution in [0.1, 0.15) is 20.8 Å². The van der Waals surface area contributed by atoms with Crippen LogP contribution in [-0.2, 0) is 4.79 Å². The summed E-state index contributed by atoms with van der Waals surface area (Å²) in [6.45, 7) is 12.9. The summed E-state index contributed by atoms with van der Waals surface area (Å²) >= 11 is 0. The van der Waals surface area contributed by atoms with E-state index in [-0.39, 0.29) is 5.91 Å². The maximum absolute atomic E-state index is 11.6. The van der Waals surface area contributed by atoms with Crippen molar-refractivity contribution < 1.29 is 4.79 Å². The van der Waals surface area contributed by atoms with E-state index in [2.05, 4.69) is 32.3 Å². The van der Waals surface area contributed by atoms with Crippen molar-refractivity contribution in [3.05, 3.63) is 12.7 Å². The predicted octanol–water partition coefficient (Wildman–Crippen LogP) is 1.11. The molecule has 0 saturated carbocycles. The zero-order valence-corrected chi connectivity index (χ0v) is 9.36. The molecule has 1 amide bonds. The van der Waals surface area contributed by atoms with Gasteiger partial charge in [0.15, 0.2) is 0 Å². The van der Waals surface area contributed by atoms with Crippen molar-refractivity contribution in [3.63, 3.8) is 0 Å². The molecule has 0 aromatic carbocycles. The largest absolute Gasteiger partial charge is 0.331 e. The second-order valence-corrected chi connectivity index (χ2v) is 4.00. The molecule has 0 N–H and O–H groups in total. The molecule has 1 aliphatic heterocycles. The first-order valence-corrected chi connectivity index (χ1v) is 5.27. The van der Waals surface area contributed by atoms with E-state index in [0.717, 1.165) is 19.6 Å². The van der Waals surface area contributed by atoms with Gasteiger partial charge >= 0.3 is 0 Å². The Hall–Kier alpha value is -0.830. The molecule has 2 atom stereocenters. The van der Waals surface area contributed by atoms with E-state index in [0.29, 0.717) is 12.1 Å². The van der Waals surface area contributed by atoms with Crippen LogP contribution in [0.3, 0.4) is 0 Å². The van der Waals surface area contributed by atoms with Crippen LogP contribution in [0.15, 0.2) is 12.7 Å². The lowest BCUT2D eigenvalue weighted by Gasteiger charge is -2.43. The van der Waals surface area contributed by atoms with Gasteiger partial charge in [-0.05, 0) is 26.5 Å². The number of nitrogens with zero attached hydrogens (tertiary/aromatic N) is 2. The normalized spacial score (nSPS) is 28.9. The van der Waals surface area contributed by atoms with Crippen molar-refractivity contribution in [2.75, 3.05) is 19.6 Å². The Bertz CT molecular complexity index is 215. The molecular weight excluding hydrogens is 176 g/mol. The first-order chi connectivity index (χ1) is 6.60. The number of likely N-dealkylation sites (N-methyl/N-ethyl adjacent to an activating group) is 1. The Balaban J connectivity index is 2.69. The average molecular weight is 196 g/mol. The van der Waals surface area contributed by atoms with Crippen LogP contribution < -0.4 is 0 Å². The molecule has 1 heterocycles. The van der Waals surface area contributed by atoms with Gasteiger partial charge in [0.25, 0.3) is 0 Å². The molecule has 0 aromatic heterocycles. The Morgan fingerprint density at radius 3 is 2.29 bits per heavy atom. The van der Waals surface area contributed by atoms with Crippen LogP contribution in [0, 0.1) is 0 Å². The minimum absolute atomic E-state index is 0.0563. The fourth-order valence-corrected chi connectivity index (χ4v) is 2.23. The standard InChI is InChI=1S/C11H20N2O/c1-5-11(14)13-9(3)7-12(6-2)8-10(13)4/h5,9-10H,1,6-8H2,2-4H3/t9-,10+. The highest BCUT2D eigenvalue weighted by atomic mass is 16.2. The lowest BCUT2D eigenvalue weighted by Crippen LogP contribution is -2.58. The second kappa shape index (κ2) is 4.60. The summed E-state index contributed by atoms with van der Waals surface area (Å²) in [5.41, 5.74) is 0. The topological polar surface area (TPSA) is 23.6 Å². The molecule has 1 fully saturated rings. The van der Waals surface area contributed by atoms with Gasteiger partial charge in [-0.1, -0.05) is 13.5 Å². The molecule has 1 saturated heterocycles. The minimum Gasteiger partial charge on any atom is -0.331 e. The van der Waals surface area contributed by atoms with E-state index in [9.17, 15) is 4.79 Å². The zero-order valence-electron chi connectivity index (χ0n) is 9.36. The van der Waals surface area contributed by atoms with E-state index < -0.39 is 0 Å². The monoisotopic (exact) mass is 196 g/mol. The SMILES string of the molecule is C=CC(=O)N1[C@H](C)CN(CC)C[C@@H]1C. The van der Waals surface area contributed by atoms with Gasteiger partial charge in [0, 0.05) is 25.2 Å². The van der Waals surface area contributed by atoms with Crippen molar-refractivity contribution in [2.45, 2.75) is 32.9 Å². The Morgan fingerprint density at radius 2 is 1.93 bits per heavy atom. The fourth-order valence-electron chi connectivity index (χ4n) is 2.23. The summed E-state index contributed by atoms with van der Waals surface area (Å²) in [5.74, 6) is 0.0563. The third-order valence-corrected chi connectivity index (χ3v) is 2.87. The van der Waals surface area contributed by atoms with E-state index in [1.165, 1.54) is 6.08 Å². The highest BCUT2D eigenvalue weighted by Gasteiger charge is 2.30. The molecule has 0 bridgehead atoms. The number of piperazine rings is 1. The summed E-state index contributed by atoms with van der Waals surface area (Å²) in [6.07, 6.45) is 1.41. The maximum Gasteiger partial charge on any atom is 0.246 e. The third-order valence-electron chi connectivity index (χ3n) is 2.87. The number of carbonyl (C=O) groups excluding carboxylic acids is 1. The Labute approximate surface area is 86.4 Å². The molecule has 0 aromatic rings. The van der Waals surface area contributed by atoms with Crippen molar-refractivity contribution in [2.24, 2.45) is 0 Å². The number of amides is 1. The zero-order chi connectivity index (χ0) is 10.7. The van der Waals surface area contributed by atoms with Gasteiger partial charge in [-0.3, -0.25) is 9.69 Å². The van der Waals surface area contributed by atoms with E-state index >= 15 is 0 Å². The lowest BCUT2D eigenvalue weighted by molar-refractivity contribution is -0.133. The molecule has 0 spiro atoms. The first-order valence-electron chi connectivity index (χ1n) is 5.27. The molecule has 0 aliphatic carbocycles. The molecule has 80 valence electrons. The number of hydrogen-bond donors (Lipinski definition) is 0. The van der Waals surface area contributed by atoms with Gasteiger partial charge in [0.1, 0.15) is 0 Å². The summed E-state index contributed by atoms with van der Waals surface area (Å²) < 4.78 is 0. The molecule has 1 aliphatic rings. The summed E-state index contributed by atoms with van der Waals surface area (Å²) in [5, 5.41) is 0. The van der Waals surface area contributed by atoms with Gasteiger partial charge in [-0.2, -0.15) is 0 Å². The number of hydrogen-bond acceptors (Lipinski definition) is 2. The van der Waals surface area contributed by atoms with Crippen LogP contribution in [0.2, 0.25) is 0 Å². The number of rotatable bonds is 2. The quantitative estimate of drug-likeness (QED) is 0.618. The third kappa shape index (κ3) is 2.15. The maximum atomic E-state index is 11.6. The fraction of sp³-hybridized carbons (Fsp3) is 0.727. The van der Waals surface area contributed by atoms with Gasteiger partial charge in [0.2, 0.25) is 5.91 Å². The minimum atomic E-state index is 0.0563. The van der Waals surface area contributed by atoms with Gasteiger partial charge in [0.05, 0.1) is 0 Å². The average Bonchev–Trinajstić information content (AvgIpc) is 2.16. The summed E-state index contributed by atoms with van der Waals surface area (Å²) in [6, 6.07) is 0.591. The van der Waals surface area contributed by atoms with Crippen LogP contribution in [-0.4, -0.2) is 47.4 Å². The Morgan fingerprint density at radius 1 is 1.43 bits per heavy atom. The summed E-state index contributed by atoms with van der Waals surface area (Å²) in [4.78, 5) is 15.9. The molecule has 3 nitrogen and oxygen atoms in total. The van der Waals surface area contributed by atoms with Crippen molar-refractivity contribution in [1.82, 2.24) is 9.80 Å². The predicted molar refractivity (Wildman–Crippen MR) is 58.1 cm³/mol. The molecule has 0 unspecified atom stereocenters. The van der Waals surface area contributed by atoms with E-state index in [1.54, 1.807) is 0 Å². The van der Waals surface area contributed by atoms with Gasteiger partial charge in [-0.25, -0.2) is 0 Å². The highest BCUT2D eigenvalue weighted by molar-refractivity contribution is 5.87. The van der Waals surface area contributed by atoms with Crippen molar-refractivity contribution in [1.29, 1.82) is 0 Å². The highest BCUT2D eigenvalue weighted by Crippen LogP contribution is 2.15. The first kappa shape index (κ1) is 11.2. The van der Waals surface area contributed by atoms with Crippen LogP contribution >= 0.6 is 0 Å². The smallest absolute Gasteiger partial charge is 0.246 e. The summed E-state index contributed by atoms with van der Waals surface area (Å²) in [7, 11) is 0. The molecule has 1 rings (SSSR count). The lowest BCUT2D eigenvalue weighted by atomic mass is 10.1. The van der Waals surface area contributed by atoms with Crippen LogP contribution in [0.25, 0.3) is 0 Å². The van der Waals surface area contributed by atoms with Crippen molar-refractivity contribution in [3.8, 4) is 0 Å². The second-order valence-electron chi connectivity index (χ2n) is 4.00. The van der Waals surface area contributed by atoms with Crippen LogP contribution in [0.4, 0.5) is 0 Å². The van der Waals surface area contributed by atoms with E-state index in [1.807, 2.05) is 4.90 Å². The van der Waals surface area contributed by atoms with Crippen molar-refractivity contribution >= 4 is 5.91 Å². The number of carbonyl (C=O) groups is 1. The van der Waals surface area contributed by atoms with Gasteiger partial charge < -0.3 is 4.90 Å².